The van der Waals surface area contributed by atoms with Crippen molar-refractivity contribution >= 4 is 11.9 Å². The van der Waals surface area contributed by atoms with Gasteiger partial charge in [0.25, 0.3) is 5.69 Å². The molecule has 2 N–H and O–H groups in total. The van der Waals surface area contributed by atoms with E-state index in [1.165, 1.54) is 69.4 Å². The van der Waals surface area contributed by atoms with Crippen molar-refractivity contribution < 1.29 is 15.1 Å². The predicted molar refractivity (Wildman–Crippen MR) is 129 cm³/mol. The van der Waals surface area contributed by atoms with E-state index in [0.29, 0.717) is 22.8 Å². The summed E-state index contributed by atoms with van der Waals surface area (Å²) >= 11 is 0. The molecule has 4 fully saturated rings. The zero-order valence-corrected chi connectivity index (χ0v) is 20.0. The Morgan fingerprint density at radius 3 is 2.67 bits per heavy atom. The number of aromatic hydroxyl groups is 1. The largest absolute Gasteiger partial charge is 0.507 e. The topological polar surface area (TPSA) is 96.0 Å². The van der Waals surface area contributed by atoms with Crippen LogP contribution in [0.1, 0.15) is 83.6 Å². The molecule has 0 amide bonds. The van der Waals surface area contributed by atoms with Crippen molar-refractivity contribution in [3.05, 3.63) is 33.9 Å². The van der Waals surface area contributed by atoms with Gasteiger partial charge in [-0.15, -0.1) is 0 Å². The van der Waals surface area contributed by atoms with Gasteiger partial charge in [0.05, 0.1) is 17.1 Å². The van der Waals surface area contributed by atoms with Crippen LogP contribution in [0.4, 0.5) is 5.69 Å². The highest BCUT2D eigenvalue weighted by molar-refractivity contribution is 5.84. The summed E-state index contributed by atoms with van der Waals surface area (Å²) < 4.78 is 0. The van der Waals surface area contributed by atoms with Crippen LogP contribution in [0.25, 0.3) is 0 Å². The molecule has 0 bridgehead atoms. The molecule has 1 aromatic carbocycles. The van der Waals surface area contributed by atoms with Gasteiger partial charge >= 0.3 is 0 Å². The van der Waals surface area contributed by atoms with Gasteiger partial charge in [-0.05, 0) is 86.5 Å². The molecule has 180 valence electrons. The predicted octanol–water partition coefficient (Wildman–Crippen LogP) is 5.88. The highest BCUT2D eigenvalue weighted by atomic mass is 16.6. The molecule has 0 heterocycles. The molecule has 6 heteroatoms. The third kappa shape index (κ3) is 3.51. The molecule has 0 unspecified atom stereocenters. The van der Waals surface area contributed by atoms with Crippen molar-refractivity contribution in [3.63, 3.8) is 0 Å². The Morgan fingerprint density at radius 1 is 1.09 bits per heavy atom. The van der Waals surface area contributed by atoms with Crippen LogP contribution >= 0.6 is 0 Å². The van der Waals surface area contributed by atoms with E-state index in [-0.39, 0.29) is 23.4 Å². The van der Waals surface area contributed by atoms with E-state index in [4.69, 9.17) is 0 Å². The minimum absolute atomic E-state index is 0.0372. The Balaban J connectivity index is 1.34. The van der Waals surface area contributed by atoms with E-state index < -0.39 is 10.5 Å². The van der Waals surface area contributed by atoms with Crippen LogP contribution in [0.3, 0.4) is 0 Å². The number of fused-ring (bicyclic) bond motifs is 5. The first-order valence-corrected chi connectivity index (χ1v) is 12.9. The molecule has 33 heavy (non-hydrogen) atoms. The Hall–Kier alpha value is -1.95. The van der Waals surface area contributed by atoms with Gasteiger partial charge in [0, 0.05) is 29.3 Å². The molecule has 7 atom stereocenters. The number of phenols is 1. The lowest BCUT2D eigenvalue weighted by molar-refractivity contribution is -0.384. The number of nitrogens with zero attached hydrogens (tertiary/aromatic N) is 2. The van der Waals surface area contributed by atoms with E-state index >= 15 is 0 Å². The Kier molecular flexibility index (Phi) is 5.58. The molecular weight excluding hydrogens is 416 g/mol. The first kappa shape index (κ1) is 22.8. The van der Waals surface area contributed by atoms with E-state index in [1.807, 2.05) is 0 Å². The van der Waals surface area contributed by atoms with Gasteiger partial charge in [-0.1, -0.05) is 26.7 Å². The van der Waals surface area contributed by atoms with Crippen LogP contribution in [0, 0.1) is 44.6 Å². The molecule has 0 spiro atoms. The number of non-ortho nitro benzene ring substituents is 1. The van der Waals surface area contributed by atoms with Crippen LogP contribution in [0.2, 0.25) is 0 Å². The van der Waals surface area contributed by atoms with E-state index in [9.17, 15) is 20.3 Å². The quantitative estimate of drug-likeness (QED) is 0.337. The summed E-state index contributed by atoms with van der Waals surface area (Å²) in [7, 11) is 0. The van der Waals surface area contributed by atoms with Crippen LogP contribution in [-0.4, -0.2) is 33.5 Å². The average molecular weight is 455 g/mol. The Morgan fingerprint density at radius 2 is 1.88 bits per heavy atom. The standard InChI is InChI=1S/C27H38N2O4/c1-25-12-4-3-5-19(25)6-8-21-22(25)10-13-26(2)23(21)11-14-27(26,31)17-28-16-18-15-20(29(32)33)7-9-24(18)30/h7,9,15-16,19,21-23,30-31H,3-6,8,10-14,17H2,1-2H3/t19-,21-,22-,23+,25+,26+,27+/m1/s1. The summed E-state index contributed by atoms with van der Waals surface area (Å²) in [6.45, 7) is 5.14. The van der Waals surface area contributed by atoms with Crippen LogP contribution in [0.5, 0.6) is 5.75 Å². The molecular formula is C27H38N2O4. The number of benzene rings is 1. The van der Waals surface area contributed by atoms with Gasteiger partial charge in [0.1, 0.15) is 5.75 Å². The third-order valence-electron chi connectivity index (χ3n) is 10.7. The molecule has 4 aliphatic rings. The highest BCUT2D eigenvalue weighted by Crippen LogP contribution is 2.68. The maximum atomic E-state index is 11.8. The second kappa shape index (κ2) is 8.07. The summed E-state index contributed by atoms with van der Waals surface area (Å²) in [4.78, 5) is 15.1. The number of aliphatic hydroxyl groups is 1. The van der Waals surface area contributed by atoms with Crippen molar-refractivity contribution in [2.75, 3.05) is 6.54 Å². The zero-order chi connectivity index (χ0) is 23.4. The molecule has 4 aliphatic carbocycles. The normalized spacial score (nSPS) is 42.5. The van der Waals surface area contributed by atoms with Crippen LogP contribution < -0.4 is 0 Å². The SMILES string of the molecule is C[C@]12CCCC[C@@H]1CC[C@@H]1[C@H]2CC[C@@]2(C)[C@H]1CC[C@]2(O)CN=Cc1cc([N+](=O)[O-])ccc1O. The number of hydrogen-bond donors (Lipinski definition) is 2. The second-order valence-electron chi connectivity index (χ2n) is 11.9. The van der Waals surface area contributed by atoms with Gasteiger partial charge in [-0.25, -0.2) is 0 Å². The number of nitro groups is 1. The van der Waals surface area contributed by atoms with Crippen LogP contribution in [0.15, 0.2) is 23.2 Å². The lowest BCUT2D eigenvalue weighted by atomic mass is 9.44. The van der Waals surface area contributed by atoms with Crippen molar-refractivity contribution in [1.29, 1.82) is 0 Å². The first-order chi connectivity index (χ1) is 15.7. The monoisotopic (exact) mass is 454 g/mol. The number of aliphatic imine (C=N–C) groups is 1. The minimum Gasteiger partial charge on any atom is -0.507 e. The maximum absolute atomic E-state index is 11.8. The van der Waals surface area contributed by atoms with Crippen LogP contribution in [-0.2, 0) is 0 Å². The fourth-order valence-corrected chi connectivity index (χ4v) is 8.72. The first-order valence-electron chi connectivity index (χ1n) is 12.9. The van der Waals surface area contributed by atoms with E-state index in [1.54, 1.807) is 0 Å². The van der Waals surface area contributed by atoms with Gasteiger partial charge in [0.15, 0.2) is 0 Å². The summed E-state index contributed by atoms with van der Waals surface area (Å²) in [5.74, 6) is 2.90. The van der Waals surface area contributed by atoms with Gasteiger partial charge in [-0.3, -0.25) is 15.1 Å². The Bertz CT molecular complexity index is 963. The maximum Gasteiger partial charge on any atom is 0.270 e. The highest BCUT2D eigenvalue weighted by Gasteiger charge is 2.64. The van der Waals surface area contributed by atoms with Crippen molar-refractivity contribution in [3.8, 4) is 5.75 Å². The minimum atomic E-state index is -0.861. The molecule has 5 rings (SSSR count). The van der Waals surface area contributed by atoms with Crippen molar-refractivity contribution in [2.24, 2.45) is 39.5 Å². The number of rotatable bonds is 4. The lowest BCUT2D eigenvalue weighted by Gasteiger charge is -2.61. The molecule has 0 saturated heterocycles. The second-order valence-corrected chi connectivity index (χ2v) is 11.9. The summed E-state index contributed by atoms with van der Waals surface area (Å²) in [5, 5.41) is 33.0. The molecule has 6 nitrogen and oxygen atoms in total. The zero-order valence-electron chi connectivity index (χ0n) is 20.0. The fraction of sp³-hybridized carbons (Fsp3) is 0.741. The number of phenolic OH excluding ortho intramolecular Hbond substituents is 1. The summed E-state index contributed by atoms with van der Waals surface area (Å²) in [6, 6.07) is 3.93. The molecule has 1 aromatic rings. The average Bonchev–Trinajstić information content (AvgIpc) is 3.05. The number of nitro benzene ring substituents is 1. The number of hydrogen-bond acceptors (Lipinski definition) is 5. The molecule has 4 saturated carbocycles. The smallest absolute Gasteiger partial charge is 0.270 e. The molecule has 0 radical (unpaired) electrons. The van der Waals surface area contributed by atoms with E-state index in [0.717, 1.165) is 31.1 Å². The van der Waals surface area contributed by atoms with Gasteiger partial charge in [-0.2, -0.15) is 0 Å². The molecule has 0 aliphatic heterocycles. The summed E-state index contributed by atoms with van der Waals surface area (Å²) in [5.41, 5.74) is -0.278. The Labute approximate surface area is 196 Å². The summed E-state index contributed by atoms with van der Waals surface area (Å²) in [6.07, 6.45) is 13.8. The van der Waals surface area contributed by atoms with Crippen molar-refractivity contribution in [1.82, 2.24) is 0 Å². The van der Waals surface area contributed by atoms with E-state index in [2.05, 4.69) is 18.8 Å². The third-order valence-corrected chi connectivity index (χ3v) is 10.7. The molecule has 0 aromatic heterocycles. The van der Waals surface area contributed by atoms with Gasteiger partial charge < -0.3 is 10.2 Å². The van der Waals surface area contributed by atoms with Crippen molar-refractivity contribution in [2.45, 2.75) is 83.7 Å². The lowest BCUT2D eigenvalue weighted by Crippen LogP contribution is -2.56. The fourth-order valence-electron chi connectivity index (χ4n) is 8.72. The van der Waals surface area contributed by atoms with Gasteiger partial charge in [0.2, 0.25) is 0 Å².